The van der Waals surface area contributed by atoms with E-state index in [0.717, 1.165) is 12.1 Å². The number of halogens is 8. The second kappa shape index (κ2) is 5.79. The van der Waals surface area contributed by atoms with Crippen LogP contribution in [-0.2, 0) is 6.18 Å². The Labute approximate surface area is 127 Å². The Bertz CT molecular complexity index is 704. The molecule has 0 aliphatic heterocycles. The lowest BCUT2D eigenvalue weighted by Gasteiger charge is -2.12. The lowest BCUT2D eigenvalue weighted by molar-refractivity contribution is -0.138. The van der Waals surface area contributed by atoms with Crippen LogP contribution >= 0.6 is 15.9 Å². The number of alkyl halides is 3. The molecule has 0 bridgehead atoms. The highest BCUT2D eigenvalue weighted by atomic mass is 79.9. The molecule has 0 aliphatic rings. The number of hydrogen-bond donors (Lipinski definition) is 0. The van der Waals surface area contributed by atoms with Crippen LogP contribution < -0.4 is 4.74 Å². The summed E-state index contributed by atoms with van der Waals surface area (Å²) in [6.45, 7) is 0. The van der Waals surface area contributed by atoms with Crippen LogP contribution in [0.25, 0.3) is 0 Å². The van der Waals surface area contributed by atoms with Gasteiger partial charge in [-0.05, 0) is 40.2 Å². The largest absolute Gasteiger partial charge is 0.448 e. The molecular weight excluding hydrogens is 385 g/mol. The molecule has 0 heterocycles. The van der Waals surface area contributed by atoms with Crippen molar-refractivity contribution >= 4 is 15.9 Å². The molecule has 0 saturated heterocycles. The molecule has 0 atom stereocenters. The maximum absolute atomic E-state index is 13.5. The van der Waals surface area contributed by atoms with Crippen molar-refractivity contribution in [3.05, 3.63) is 57.6 Å². The molecule has 0 aromatic heterocycles. The summed E-state index contributed by atoms with van der Waals surface area (Å²) in [6, 6.07) is 1.85. The highest BCUT2D eigenvalue weighted by molar-refractivity contribution is 9.10. The topological polar surface area (TPSA) is 9.23 Å². The van der Waals surface area contributed by atoms with Crippen LogP contribution in [0.5, 0.6) is 11.5 Å². The lowest BCUT2D eigenvalue weighted by Crippen LogP contribution is -2.07. The number of rotatable bonds is 2. The first-order valence-electron chi connectivity index (χ1n) is 5.49. The van der Waals surface area contributed by atoms with Crippen LogP contribution in [-0.4, -0.2) is 0 Å². The van der Waals surface area contributed by atoms with Crippen LogP contribution in [0.3, 0.4) is 0 Å². The summed E-state index contributed by atoms with van der Waals surface area (Å²) in [4.78, 5) is 0. The Kier molecular flexibility index (Phi) is 4.37. The van der Waals surface area contributed by atoms with Gasteiger partial charge < -0.3 is 4.74 Å². The van der Waals surface area contributed by atoms with Crippen molar-refractivity contribution in [3.8, 4) is 11.5 Å². The van der Waals surface area contributed by atoms with Gasteiger partial charge in [-0.2, -0.15) is 17.6 Å². The minimum atomic E-state index is -4.96. The van der Waals surface area contributed by atoms with Gasteiger partial charge in [0.1, 0.15) is 0 Å². The fourth-order valence-corrected chi connectivity index (χ4v) is 1.82. The van der Waals surface area contributed by atoms with Crippen molar-refractivity contribution in [2.45, 2.75) is 6.18 Å². The molecule has 2 aromatic carbocycles. The van der Waals surface area contributed by atoms with Gasteiger partial charge in [0, 0.05) is 0 Å². The summed E-state index contributed by atoms with van der Waals surface area (Å²) in [7, 11) is 0. The Morgan fingerprint density at radius 3 is 1.91 bits per heavy atom. The molecular formula is C13H4BrF7O. The lowest BCUT2D eigenvalue weighted by atomic mass is 10.2. The molecule has 2 aromatic rings. The average Bonchev–Trinajstić information content (AvgIpc) is 2.41. The summed E-state index contributed by atoms with van der Waals surface area (Å²) in [5.74, 6) is -8.46. The van der Waals surface area contributed by atoms with E-state index in [1.165, 1.54) is 0 Å². The van der Waals surface area contributed by atoms with Crippen molar-refractivity contribution < 1.29 is 35.5 Å². The molecule has 0 N–H and O–H groups in total. The minimum absolute atomic E-state index is 0.00840. The van der Waals surface area contributed by atoms with Crippen molar-refractivity contribution in [2.24, 2.45) is 0 Å². The highest BCUT2D eigenvalue weighted by Crippen LogP contribution is 2.36. The summed E-state index contributed by atoms with van der Waals surface area (Å²) in [5.41, 5.74) is -1.57. The van der Waals surface area contributed by atoms with Gasteiger partial charge in [-0.15, -0.1) is 0 Å². The first-order chi connectivity index (χ1) is 10.1. The zero-order chi connectivity index (χ0) is 16.7. The van der Waals surface area contributed by atoms with E-state index in [1.807, 2.05) is 0 Å². The van der Waals surface area contributed by atoms with Gasteiger partial charge in [-0.1, -0.05) is 0 Å². The fraction of sp³-hybridized carbons (Fsp3) is 0.0769. The first-order valence-corrected chi connectivity index (χ1v) is 6.28. The third kappa shape index (κ3) is 3.18. The van der Waals surface area contributed by atoms with Crippen molar-refractivity contribution in [2.75, 3.05) is 0 Å². The molecule has 1 nitrogen and oxygen atoms in total. The molecule has 118 valence electrons. The quantitative estimate of drug-likeness (QED) is 0.465. The van der Waals surface area contributed by atoms with Crippen LogP contribution in [0.4, 0.5) is 30.7 Å². The predicted molar refractivity (Wildman–Crippen MR) is 65.5 cm³/mol. The normalized spacial score (nSPS) is 11.6. The Morgan fingerprint density at radius 2 is 1.41 bits per heavy atom. The van der Waals surface area contributed by atoms with Gasteiger partial charge in [0.25, 0.3) is 0 Å². The molecule has 9 heteroatoms. The molecule has 2 rings (SSSR count). The van der Waals surface area contributed by atoms with E-state index in [2.05, 4.69) is 20.7 Å². The van der Waals surface area contributed by atoms with E-state index >= 15 is 0 Å². The van der Waals surface area contributed by atoms with E-state index in [1.54, 1.807) is 0 Å². The zero-order valence-electron chi connectivity index (χ0n) is 10.2. The predicted octanol–water partition coefficient (Wildman–Crippen LogP) is 5.82. The van der Waals surface area contributed by atoms with Gasteiger partial charge in [0.15, 0.2) is 29.0 Å². The summed E-state index contributed by atoms with van der Waals surface area (Å²) < 4.78 is 95.3. The van der Waals surface area contributed by atoms with Gasteiger partial charge in [0.05, 0.1) is 10.0 Å². The molecule has 0 saturated carbocycles. The van der Waals surface area contributed by atoms with Gasteiger partial charge in [0.2, 0.25) is 5.82 Å². The molecule has 0 spiro atoms. The standard InChI is InChI=1S/C13H4BrF7O/c14-6-1-2-9(11(18)10(6)17)22-12-7(15)3-5(4-8(12)16)13(19,20)21/h1-4H. The van der Waals surface area contributed by atoms with Crippen molar-refractivity contribution in [1.82, 2.24) is 0 Å². The fourth-order valence-electron chi connectivity index (χ4n) is 1.52. The molecule has 0 aliphatic carbocycles. The van der Waals surface area contributed by atoms with Gasteiger partial charge in [-0.25, -0.2) is 13.2 Å². The monoisotopic (exact) mass is 388 g/mol. The SMILES string of the molecule is Fc1cc(C(F)(F)F)cc(F)c1Oc1ccc(Br)c(F)c1F. The second-order valence-corrected chi connectivity index (χ2v) is 4.90. The summed E-state index contributed by atoms with van der Waals surface area (Å²) in [5, 5.41) is 0. The Morgan fingerprint density at radius 1 is 0.864 bits per heavy atom. The van der Waals surface area contributed by atoms with E-state index in [-0.39, 0.29) is 16.6 Å². The van der Waals surface area contributed by atoms with E-state index in [9.17, 15) is 30.7 Å². The Balaban J connectivity index is 2.45. The molecule has 0 amide bonds. The maximum Gasteiger partial charge on any atom is 0.416 e. The number of benzene rings is 2. The highest BCUT2D eigenvalue weighted by Gasteiger charge is 2.33. The van der Waals surface area contributed by atoms with Gasteiger partial charge >= 0.3 is 6.18 Å². The van der Waals surface area contributed by atoms with Crippen LogP contribution in [0.15, 0.2) is 28.7 Å². The molecule has 0 unspecified atom stereocenters. The van der Waals surface area contributed by atoms with Crippen LogP contribution in [0.1, 0.15) is 5.56 Å². The smallest absolute Gasteiger partial charge is 0.416 e. The van der Waals surface area contributed by atoms with Crippen molar-refractivity contribution in [3.63, 3.8) is 0 Å². The zero-order valence-corrected chi connectivity index (χ0v) is 11.8. The third-order valence-corrected chi connectivity index (χ3v) is 3.15. The van der Waals surface area contributed by atoms with Crippen LogP contribution in [0, 0.1) is 23.3 Å². The third-order valence-electron chi connectivity index (χ3n) is 2.54. The maximum atomic E-state index is 13.5. The number of hydrogen-bond acceptors (Lipinski definition) is 1. The van der Waals surface area contributed by atoms with Crippen LogP contribution in [0.2, 0.25) is 0 Å². The average molecular weight is 389 g/mol. The summed E-state index contributed by atoms with van der Waals surface area (Å²) in [6.07, 6.45) is -4.96. The molecule has 22 heavy (non-hydrogen) atoms. The van der Waals surface area contributed by atoms with Crippen molar-refractivity contribution in [1.29, 1.82) is 0 Å². The van der Waals surface area contributed by atoms with E-state index in [0.29, 0.717) is 0 Å². The molecule has 0 radical (unpaired) electrons. The second-order valence-electron chi connectivity index (χ2n) is 4.04. The van der Waals surface area contributed by atoms with Gasteiger partial charge in [-0.3, -0.25) is 0 Å². The summed E-state index contributed by atoms with van der Waals surface area (Å²) >= 11 is 2.68. The number of ether oxygens (including phenoxy) is 1. The Hall–Kier alpha value is -1.77. The van der Waals surface area contributed by atoms with E-state index in [4.69, 9.17) is 0 Å². The van der Waals surface area contributed by atoms with E-state index < -0.39 is 46.5 Å². The molecule has 0 fully saturated rings. The minimum Gasteiger partial charge on any atom is -0.448 e. The first kappa shape index (κ1) is 16.6.